The molecule has 102 valence electrons. The van der Waals surface area contributed by atoms with Crippen molar-refractivity contribution in [1.29, 1.82) is 0 Å². The highest BCUT2D eigenvalue weighted by molar-refractivity contribution is 6.07. The zero-order valence-corrected chi connectivity index (χ0v) is 12.0. The van der Waals surface area contributed by atoms with Gasteiger partial charge in [0.1, 0.15) is 0 Å². The highest BCUT2D eigenvalue weighted by Gasteiger charge is 2.24. The number of rotatable bonds is 2. The predicted molar refractivity (Wildman–Crippen MR) is 82.4 cm³/mol. The van der Waals surface area contributed by atoms with Gasteiger partial charge in [0.2, 0.25) is 0 Å². The SMILES string of the molecule is CC(C)c1ccc(C(=O)N2CCc3ccccc32)cc1. The molecule has 1 aliphatic rings. The van der Waals surface area contributed by atoms with Gasteiger partial charge in [-0.3, -0.25) is 4.79 Å². The Balaban J connectivity index is 1.87. The van der Waals surface area contributed by atoms with E-state index in [-0.39, 0.29) is 5.91 Å². The van der Waals surface area contributed by atoms with Crippen LogP contribution in [0, 0.1) is 0 Å². The lowest BCUT2D eigenvalue weighted by Gasteiger charge is -2.17. The quantitative estimate of drug-likeness (QED) is 0.803. The molecule has 2 heteroatoms. The van der Waals surface area contributed by atoms with Crippen LogP contribution in [0.2, 0.25) is 0 Å². The van der Waals surface area contributed by atoms with Crippen LogP contribution in [-0.4, -0.2) is 12.5 Å². The smallest absolute Gasteiger partial charge is 0.258 e. The molecule has 1 amide bonds. The third kappa shape index (κ3) is 2.22. The summed E-state index contributed by atoms with van der Waals surface area (Å²) in [6.07, 6.45) is 0.950. The van der Waals surface area contributed by atoms with Crippen LogP contribution in [0.3, 0.4) is 0 Å². The number of anilines is 1. The Morgan fingerprint density at radius 1 is 1.05 bits per heavy atom. The molecule has 0 aromatic heterocycles. The number of fused-ring (bicyclic) bond motifs is 1. The molecule has 0 saturated heterocycles. The molecule has 0 atom stereocenters. The first kappa shape index (κ1) is 12.9. The first-order valence-electron chi connectivity index (χ1n) is 7.16. The van der Waals surface area contributed by atoms with Gasteiger partial charge in [0.25, 0.3) is 5.91 Å². The standard InChI is InChI=1S/C18H19NO/c1-13(2)14-7-9-16(10-8-14)18(20)19-12-11-15-5-3-4-6-17(15)19/h3-10,13H,11-12H2,1-2H3. The molecule has 2 nitrogen and oxygen atoms in total. The van der Waals surface area contributed by atoms with E-state index in [9.17, 15) is 4.79 Å². The van der Waals surface area contributed by atoms with Gasteiger partial charge in [-0.1, -0.05) is 44.2 Å². The molecule has 0 spiro atoms. The first-order valence-corrected chi connectivity index (χ1v) is 7.16. The van der Waals surface area contributed by atoms with Crippen molar-refractivity contribution < 1.29 is 4.79 Å². The molecule has 1 heterocycles. The lowest BCUT2D eigenvalue weighted by molar-refractivity contribution is 0.0989. The second-order valence-electron chi connectivity index (χ2n) is 5.61. The van der Waals surface area contributed by atoms with E-state index in [1.165, 1.54) is 11.1 Å². The lowest BCUT2D eigenvalue weighted by Crippen LogP contribution is -2.28. The van der Waals surface area contributed by atoms with Gasteiger partial charge >= 0.3 is 0 Å². The molecular weight excluding hydrogens is 246 g/mol. The van der Waals surface area contributed by atoms with Crippen LogP contribution in [0.1, 0.15) is 41.3 Å². The molecule has 0 aliphatic carbocycles. The van der Waals surface area contributed by atoms with E-state index in [0.29, 0.717) is 5.92 Å². The van der Waals surface area contributed by atoms with Crippen LogP contribution >= 0.6 is 0 Å². The Bertz CT molecular complexity index is 628. The minimum Gasteiger partial charge on any atom is -0.308 e. The van der Waals surface area contributed by atoms with E-state index in [1.807, 2.05) is 35.2 Å². The largest absolute Gasteiger partial charge is 0.308 e. The van der Waals surface area contributed by atoms with Crippen molar-refractivity contribution in [2.45, 2.75) is 26.2 Å². The van der Waals surface area contributed by atoms with Crippen LogP contribution in [0.25, 0.3) is 0 Å². The molecule has 1 aliphatic heterocycles. The van der Waals surface area contributed by atoms with Gasteiger partial charge in [-0.15, -0.1) is 0 Å². The van der Waals surface area contributed by atoms with Gasteiger partial charge in [-0.25, -0.2) is 0 Å². The molecule has 2 aromatic carbocycles. The minimum atomic E-state index is 0.102. The molecule has 0 bridgehead atoms. The maximum atomic E-state index is 12.6. The molecule has 0 fully saturated rings. The van der Waals surface area contributed by atoms with E-state index < -0.39 is 0 Å². The van der Waals surface area contributed by atoms with E-state index >= 15 is 0 Å². The summed E-state index contributed by atoms with van der Waals surface area (Å²) >= 11 is 0. The second kappa shape index (κ2) is 5.12. The number of carbonyl (C=O) groups is 1. The maximum Gasteiger partial charge on any atom is 0.258 e. The molecule has 0 saturated carbocycles. The third-order valence-corrected chi connectivity index (χ3v) is 3.96. The Morgan fingerprint density at radius 3 is 2.45 bits per heavy atom. The van der Waals surface area contributed by atoms with E-state index in [4.69, 9.17) is 0 Å². The predicted octanol–water partition coefficient (Wildman–Crippen LogP) is 4.01. The van der Waals surface area contributed by atoms with Gasteiger partial charge < -0.3 is 4.90 Å². The number of amides is 1. The zero-order chi connectivity index (χ0) is 14.1. The summed E-state index contributed by atoms with van der Waals surface area (Å²) < 4.78 is 0. The van der Waals surface area contributed by atoms with Crippen molar-refractivity contribution >= 4 is 11.6 Å². The fraction of sp³-hybridized carbons (Fsp3) is 0.278. The summed E-state index contributed by atoms with van der Waals surface area (Å²) in [4.78, 5) is 14.5. The van der Waals surface area contributed by atoms with Crippen molar-refractivity contribution in [2.75, 3.05) is 11.4 Å². The van der Waals surface area contributed by atoms with Crippen LogP contribution in [0.15, 0.2) is 48.5 Å². The summed E-state index contributed by atoms with van der Waals surface area (Å²) in [6.45, 7) is 5.10. The second-order valence-corrected chi connectivity index (χ2v) is 5.61. The fourth-order valence-electron chi connectivity index (χ4n) is 2.72. The molecular formula is C18H19NO. The number of carbonyl (C=O) groups excluding carboxylic acids is 1. The van der Waals surface area contributed by atoms with Crippen molar-refractivity contribution in [1.82, 2.24) is 0 Å². The van der Waals surface area contributed by atoms with Gasteiger partial charge in [-0.05, 0) is 41.7 Å². The fourth-order valence-corrected chi connectivity index (χ4v) is 2.72. The van der Waals surface area contributed by atoms with Gasteiger partial charge in [0, 0.05) is 17.8 Å². The van der Waals surface area contributed by atoms with E-state index in [1.54, 1.807) is 0 Å². The van der Waals surface area contributed by atoms with Crippen LogP contribution in [-0.2, 0) is 6.42 Å². The molecule has 0 N–H and O–H groups in total. The Kier molecular flexibility index (Phi) is 3.31. The van der Waals surface area contributed by atoms with Crippen molar-refractivity contribution in [3.8, 4) is 0 Å². The molecule has 0 radical (unpaired) electrons. The zero-order valence-electron chi connectivity index (χ0n) is 12.0. The third-order valence-electron chi connectivity index (χ3n) is 3.96. The normalized spacial score (nSPS) is 13.7. The Hall–Kier alpha value is -2.09. The highest BCUT2D eigenvalue weighted by atomic mass is 16.2. The number of hydrogen-bond donors (Lipinski definition) is 0. The summed E-state index contributed by atoms with van der Waals surface area (Å²) in [5, 5.41) is 0. The maximum absolute atomic E-state index is 12.6. The summed E-state index contributed by atoms with van der Waals surface area (Å²) in [5.41, 5.74) is 4.36. The number of benzene rings is 2. The monoisotopic (exact) mass is 265 g/mol. The van der Waals surface area contributed by atoms with Crippen molar-refractivity contribution in [2.24, 2.45) is 0 Å². The first-order chi connectivity index (χ1) is 9.66. The summed E-state index contributed by atoms with van der Waals surface area (Å²) in [7, 11) is 0. The average molecular weight is 265 g/mol. The van der Waals surface area contributed by atoms with E-state index in [2.05, 4.69) is 32.0 Å². The van der Waals surface area contributed by atoms with E-state index in [0.717, 1.165) is 24.2 Å². The average Bonchev–Trinajstić information content (AvgIpc) is 2.90. The lowest BCUT2D eigenvalue weighted by atomic mass is 10.0. The molecule has 0 unspecified atom stereocenters. The molecule has 2 aromatic rings. The molecule has 20 heavy (non-hydrogen) atoms. The van der Waals surface area contributed by atoms with Crippen LogP contribution < -0.4 is 4.90 Å². The van der Waals surface area contributed by atoms with Gasteiger partial charge in [-0.2, -0.15) is 0 Å². The van der Waals surface area contributed by atoms with Gasteiger partial charge in [0.15, 0.2) is 0 Å². The minimum absolute atomic E-state index is 0.102. The number of para-hydroxylation sites is 1. The Morgan fingerprint density at radius 2 is 1.75 bits per heavy atom. The van der Waals surface area contributed by atoms with Gasteiger partial charge in [0.05, 0.1) is 0 Å². The summed E-state index contributed by atoms with van der Waals surface area (Å²) in [5.74, 6) is 0.594. The number of hydrogen-bond acceptors (Lipinski definition) is 1. The van der Waals surface area contributed by atoms with Crippen molar-refractivity contribution in [3.05, 3.63) is 65.2 Å². The topological polar surface area (TPSA) is 20.3 Å². The van der Waals surface area contributed by atoms with Crippen LogP contribution in [0.4, 0.5) is 5.69 Å². The van der Waals surface area contributed by atoms with Crippen LogP contribution in [0.5, 0.6) is 0 Å². The Labute approximate surface area is 120 Å². The summed E-state index contributed by atoms with van der Waals surface area (Å²) in [6, 6.07) is 16.2. The molecule has 3 rings (SSSR count). The van der Waals surface area contributed by atoms with Crippen molar-refractivity contribution in [3.63, 3.8) is 0 Å². The highest BCUT2D eigenvalue weighted by Crippen LogP contribution is 2.29. The number of nitrogens with zero attached hydrogens (tertiary/aromatic N) is 1.